The lowest BCUT2D eigenvalue weighted by atomic mass is 9.76. The second kappa shape index (κ2) is 17.6. The number of phenolic OH excluding ortho intramolecular Hbond substituents is 1. The van der Waals surface area contributed by atoms with E-state index in [1.807, 2.05) is 0 Å². The molecular weight excluding hydrogens is 484 g/mol. The number of carbonyl (C=O) groups excluding carboxylic acids is 2. The summed E-state index contributed by atoms with van der Waals surface area (Å²) in [4.78, 5) is 24.4. The van der Waals surface area contributed by atoms with E-state index in [1.54, 1.807) is 6.92 Å². The van der Waals surface area contributed by atoms with Crippen molar-refractivity contribution >= 4 is 11.9 Å². The van der Waals surface area contributed by atoms with E-state index in [0.29, 0.717) is 5.75 Å². The van der Waals surface area contributed by atoms with Crippen molar-refractivity contribution in [1.29, 1.82) is 0 Å². The first-order valence-electron chi connectivity index (χ1n) is 15.6. The Balaban J connectivity index is 2.87. The molecule has 0 aromatic heterocycles. The predicted octanol–water partition coefficient (Wildman–Crippen LogP) is 10.2. The summed E-state index contributed by atoms with van der Waals surface area (Å²) in [7, 11) is 0. The molecule has 0 amide bonds. The summed E-state index contributed by atoms with van der Waals surface area (Å²) >= 11 is 0. The van der Waals surface area contributed by atoms with Gasteiger partial charge in [0.1, 0.15) is 5.75 Å². The molecule has 0 spiro atoms. The molecule has 1 aromatic carbocycles. The molecule has 0 aliphatic heterocycles. The van der Waals surface area contributed by atoms with Crippen molar-refractivity contribution in [2.75, 3.05) is 0 Å². The Morgan fingerprint density at radius 3 is 1.74 bits per heavy atom. The monoisotopic (exact) mass is 542 g/mol. The number of hydrogen-bond donors (Lipinski definition) is 1. The van der Waals surface area contributed by atoms with Gasteiger partial charge >= 0.3 is 11.9 Å². The minimum Gasteiger partial charge on any atom is -0.507 e. The third-order valence-electron chi connectivity index (χ3n) is 7.46. The Labute approximate surface area is 240 Å². The van der Waals surface area contributed by atoms with Crippen molar-refractivity contribution in [2.24, 2.45) is 0 Å². The topological polar surface area (TPSA) is 63.6 Å². The predicted molar refractivity (Wildman–Crippen MR) is 164 cm³/mol. The minimum atomic E-state index is -0.483. The van der Waals surface area contributed by atoms with Crippen molar-refractivity contribution in [2.45, 2.75) is 162 Å². The van der Waals surface area contributed by atoms with Gasteiger partial charge in [-0.3, -0.25) is 9.59 Å². The van der Waals surface area contributed by atoms with E-state index in [4.69, 9.17) is 4.74 Å². The van der Waals surface area contributed by atoms with E-state index in [1.165, 1.54) is 44.9 Å². The summed E-state index contributed by atoms with van der Waals surface area (Å²) in [5.41, 5.74) is 2.34. The molecule has 4 heteroatoms. The summed E-state index contributed by atoms with van der Waals surface area (Å²) in [6.07, 6.45) is 19.4. The van der Waals surface area contributed by atoms with Gasteiger partial charge in [0.25, 0.3) is 0 Å². The number of phenols is 1. The maximum absolute atomic E-state index is 12.7. The third kappa shape index (κ3) is 13.7. The van der Waals surface area contributed by atoms with E-state index in [2.05, 4.69) is 72.8 Å². The highest BCUT2D eigenvalue weighted by Crippen LogP contribution is 2.42. The Kier molecular flexibility index (Phi) is 15.7. The number of unbranched alkanes of at least 4 members (excludes halogenated alkanes) is 9. The number of allylic oxidation sites excluding steroid dienone is 2. The van der Waals surface area contributed by atoms with Gasteiger partial charge in [-0.2, -0.15) is 0 Å². The van der Waals surface area contributed by atoms with Crippen molar-refractivity contribution in [3.05, 3.63) is 41.0 Å². The molecule has 0 aliphatic rings. The van der Waals surface area contributed by atoms with Crippen LogP contribution in [0.4, 0.5) is 0 Å². The number of hydrogen-bond acceptors (Lipinski definition) is 4. The molecule has 1 unspecified atom stereocenters. The number of ether oxygens (including phenoxy) is 1. The molecule has 1 aromatic rings. The largest absolute Gasteiger partial charge is 0.507 e. The van der Waals surface area contributed by atoms with E-state index in [9.17, 15) is 14.7 Å². The van der Waals surface area contributed by atoms with Gasteiger partial charge in [-0.25, -0.2) is 0 Å². The lowest BCUT2D eigenvalue weighted by molar-refractivity contribution is -0.159. The Hall–Kier alpha value is -2.10. The van der Waals surface area contributed by atoms with E-state index in [0.717, 1.165) is 48.8 Å². The molecule has 0 bridgehead atoms. The molecule has 1 atom stereocenters. The minimum absolute atomic E-state index is 0.0618. The lowest BCUT2D eigenvalue weighted by Crippen LogP contribution is -2.20. The molecule has 0 heterocycles. The molecular formula is C35H58O4. The average Bonchev–Trinajstić information content (AvgIpc) is 2.84. The molecule has 0 fully saturated rings. The SMILES string of the molecule is CCCCCCCCC=CCCCCCC(CC(=O)OC(=O)CC)c1cc(C(C)(C)C)c(O)c(C(C)(C)C)c1. The first kappa shape index (κ1) is 34.9. The number of rotatable bonds is 17. The highest BCUT2D eigenvalue weighted by Gasteiger charge is 2.29. The first-order chi connectivity index (χ1) is 18.3. The summed E-state index contributed by atoms with van der Waals surface area (Å²) < 4.78 is 5.05. The normalized spacial score (nSPS) is 13.1. The van der Waals surface area contributed by atoms with Gasteiger partial charge in [0.05, 0.1) is 6.42 Å². The maximum Gasteiger partial charge on any atom is 0.314 e. The smallest absolute Gasteiger partial charge is 0.314 e. The molecule has 0 saturated carbocycles. The van der Waals surface area contributed by atoms with Crippen molar-refractivity contribution in [1.82, 2.24) is 0 Å². The molecule has 0 aliphatic carbocycles. The lowest BCUT2D eigenvalue weighted by Gasteiger charge is -2.30. The standard InChI is InChI=1S/C35H58O4/c1-9-11-12-13-14-15-16-17-18-19-20-21-22-23-27(26-32(37)39-31(36)10-2)28-24-29(34(3,4)5)33(38)30(25-28)35(6,7)8/h17-18,24-25,27,38H,9-16,19-23,26H2,1-8H3. The van der Waals surface area contributed by atoms with E-state index >= 15 is 0 Å². The van der Waals surface area contributed by atoms with Crippen molar-refractivity contribution in [3.63, 3.8) is 0 Å². The van der Waals surface area contributed by atoms with Crippen molar-refractivity contribution in [3.8, 4) is 5.75 Å². The quantitative estimate of drug-likeness (QED) is 0.0920. The first-order valence-corrected chi connectivity index (χ1v) is 15.6. The van der Waals surface area contributed by atoms with Crippen LogP contribution in [0.25, 0.3) is 0 Å². The van der Waals surface area contributed by atoms with Gasteiger partial charge < -0.3 is 9.84 Å². The van der Waals surface area contributed by atoms with Gasteiger partial charge in [0, 0.05) is 6.42 Å². The van der Waals surface area contributed by atoms with E-state index < -0.39 is 11.9 Å². The number of benzene rings is 1. The van der Waals surface area contributed by atoms with Crippen LogP contribution in [-0.2, 0) is 25.2 Å². The second-order valence-corrected chi connectivity index (χ2v) is 13.2. The van der Waals surface area contributed by atoms with Crippen LogP contribution in [0.15, 0.2) is 24.3 Å². The Morgan fingerprint density at radius 2 is 1.26 bits per heavy atom. The molecule has 1 N–H and O–H groups in total. The van der Waals surface area contributed by atoms with Gasteiger partial charge in [-0.1, -0.05) is 125 Å². The van der Waals surface area contributed by atoms with Crippen LogP contribution in [-0.4, -0.2) is 17.0 Å². The van der Waals surface area contributed by atoms with Crippen LogP contribution in [0.2, 0.25) is 0 Å². The maximum atomic E-state index is 12.7. The van der Waals surface area contributed by atoms with Crippen LogP contribution in [0.3, 0.4) is 0 Å². The number of carbonyl (C=O) groups is 2. The van der Waals surface area contributed by atoms with E-state index in [-0.39, 0.29) is 29.6 Å². The van der Waals surface area contributed by atoms with Crippen LogP contribution in [0.5, 0.6) is 5.75 Å². The fourth-order valence-corrected chi connectivity index (χ4v) is 4.97. The van der Waals surface area contributed by atoms with Crippen LogP contribution >= 0.6 is 0 Å². The second-order valence-electron chi connectivity index (χ2n) is 13.2. The zero-order valence-electron chi connectivity index (χ0n) is 26.5. The highest BCUT2D eigenvalue weighted by atomic mass is 16.6. The molecule has 222 valence electrons. The molecule has 39 heavy (non-hydrogen) atoms. The van der Waals surface area contributed by atoms with Crippen LogP contribution in [0, 0.1) is 0 Å². The molecule has 0 radical (unpaired) electrons. The summed E-state index contributed by atoms with van der Waals surface area (Å²) in [6, 6.07) is 4.13. The zero-order chi connectivity index (χ0) is 29.5. The zero-order valence-corrected chi connectivity index (χ0v) is 26.5. The molecule has 1 rings (SSSR count). The van der Waals surface area contributed by atoms with Gasteiger partial charge in [0.2, 0.25) is 0 Å². The number of esters is 2. The van der Waals surface area contributed by atoms with Crippen molar-refractivity contribution < 1.29 is 19.4 Å². The van der Waals surface area contributed by atoms with Crippen LogP contribution in [0.1, 0.15) is 168 Å². The number of aromatic hydroxyl groups is 1. The third-order valence-corrected chi connectivity index (χ3v) is 7.46. The fourth-order valence-electron chi connectivity index (χ4n) is 4.97. The molecule has 0 saturated heterocycles. The van der Waals surface area contributed by atoms with Crippen LogP contribution < -0.4 is 0 Å². The van der Waals surface area contributed by atoms with Gasteiger partial charge in [-0.05, 0) is 65.5 Å². The Morgan fingerprint density at radius 1 is 0.769 bits per heavy atom. The Bertz CT molecular complexity index is 863. The van der Waals surface area contributed by atoms with Gasteiger partial charge in [-0.15, -0.1) is 0 Å². The summed E-state index contributed by atoms with van der Waals surface area (Å²) in [5, 5.41) is 11.2. The highest BCUT2D eigenvalue weighted by molar-refractivity contribution is 5.85. The average molecular weight is 543 g/mol. The summed E-state index contributed by atoms with van der Waals surface area (Å²) in [5.74, 6) is -0.669. The molecule has 4 nitrogen and oxygen atoms in total. The summed E-state index contributed by atoms with van der Waals surface area (Å²) in [6.45, 7) is 16.5. The van der Waals surface area contributed by atoms with Gasteiger partial charge in [0.15, 0.2) is 0 Å². The fraction of sp³-hybridized carbons (Fsp3) is 0.714.